The highest BCUT2D eigenvalue weighted by Crippen LogP contribution is 2.30. The van der Waals surface area contributed by atoms with Crippen LogP contribution in [-0.2, 0) is 4.79 Å². The van der Waals surface area contributed by atoms with E-state index in [4.69, 9.17) is 9.15 Å². The fourth-order valence-electron chi connectivity index (χ4n) is 3.96. The number of methoxy groups -OCH3 is 1. The third kappa shape index (κ3) is 4.92. The van der Waals surface area contributed by atoms with Crippen LogP contribution in [0.5, 0.6) is 5.75 Å². The number of rotatable bonds is 8. The van der Waals surface area contributed by atoms with E-state index in [1.54, 1.807) is 12.0 Å². The van der Waals surface area contributed by atoms with Crippen molar-refractivity contribution in [2.24, 2.45) is 5.92 Å². The maximum absolute atomic E-state index is 13.1. The number of likely N-dealkylation sites (tertiary alicyclic amines) is 1. The lowest BCUT2D eigenvalue weighted by molar-refractivity contribution is -0.126. The molecular weight excluding hydrogens is 368 g/mol. The monoisotopic (exact) mass is 400 g/mol. The van der Waals surface area contributed by atoms with Crippen molar-refractivity contribution in [2.45, 2.75) is 52.4 Å². The summed E-state index contributed by atoms with van der Waals surface area (Å²) in [6, 6.07) is 5.53. The molecular formula is C23H32N2O4. The number of nitrogens with zero attached hydrogens (tertiary/aromatic N) is 1. The highest BCUT2D eigenvalue weighted by Gasteiger charge is 2.31. The second-order valence-corrected chi connectivity index (χ2v) is 7.86. The molecule has 1 aliphatic heterocycles. The Bertz CT molecular complexity index is 858. The Hall–Kier alpha value is -2.50. The molecule has 0 spiro atoms. The second-order valence-electron chi connectivity index (χ2n) is 7.86. The molecule has 1 aromatic heterocycles. The van der Waals surface area contributed by atoms with Crippen molar-refractivity contribution < 1.29 is 18.7 Å². The number of unbranched alkanes of at least 4 members (excludes halogenated alkanes) is 3. The number of nitrogens with one attached hydrogen (secondary N) is 1. The van der Waals surface area contributed by atoms with Gasteiger partial charge < -0.3 is 19.4 Å². The Kier molecular flexibility index (Phi) is 7.18. The van der Waals surface area contributed by atoms with Gasteiger partial charge in [0.1, 0.15) is 11.3 Å². The number of amides is 2. The molecule has 158 valence electrons. The normalized spacial score (nSPS) is 16.8. The van der Waals surface area contributed by atoms with Crippen LogP contribution >= 0.6 is 0 Å². The van der Waals surface area contributed by atoms with Gasteiger partial charge >= 0.3 is 0 Å². The van der Waals surface area contributed by atoms with E-state index < -0.39 is 0 Å². The number of carbonyl (C=O) groups is 2. The zero-order chi connectivity index (χ0) is 20.8. The number of fused-ring (bicyclic) bond motifs is 1. The Morgan fingerprint density at radius 1 is 1.28 bits per heavy atom. The number of hydrogen-bond donors (Lipinski definition) is 1. The molecule has 1 aliphatic rings. The summed E-state index contributed by atoms with van der Waals surface area (Å²) in [6.07, 6.45) is 6.18. The van der Waals surface area contributed by atoms with Gasteiger partial charge in [0.2, 0.25) is 5.91 Å². The van der Waals surface area contributed by atoms with Crippen molar-refractivity contribution in [3.05, 3.63) is 29.5 Å². The molecule has 0 saturated carbocycles. The number of hydrogen-bond acceptors (Lipinski definition) is 4. The molecule has 2 amide bonds. The topological polar surface area (TPSA) is 71.8 Å². The average molecular weight is 401 g/mol. The van der Waals surface area contributed by atoms with Gasteiger partial charge in [-0.3, -0.25) is 9.59 Å². The lowest BCUT2D eigenvalue weighted by atomic mass is 9.96. The molecule has 0 aliphatic carbocycles. The Morgan fingerprint density at radius 3 is 2.86 bits per heavy atom. The van der Waals surface area contributed by atoms with Gasteiger partial charge in [0.05, 0.1) is 13.0 Å². The summed E-state index contributed by atoms with van der Waals surface area (Å²) < 4.78 is 11.1. The number of carbonyl (C=O) groups excluding carboxylic acids is 2. The minimum atomic E-state index is -0.149. The molecule has 0 radical (unpaired) electrons. The number of aryl methyl sites for hydroxylation is 1. The molecule has 1 unspecified atom stereocenters. The molecule has 1 N–H and O–H groups in total. The third-order valence-corrected chi connectivity index (χ3v) is 5.75. The van der Waals surface area contributed by atoms with E-state index >= 15 is 0 Å². The van der Waals surface area contributed by atoms with E-state index in [9.17, 15) is 9.59 Å². The number of piperidine rings is 1. The van der Waals surface area contributed by atoms with Crippen LogP contribution in [-0.4, -0.2) is 43.5 Å². The second kappa shape index (κ2) is 9.81. The van der Waals surface area contributed by atoms with Gasteiger partial charge in [-0.25, -0.2) is 0 Å². The standard InChI is InChI=1S/C23H32N2O4/c1-4-5-6-7-12-24-22(26)17-9-8-13-25(15-17)23(27)21-16(2)19-14-18(28-3)10-11-20(19)29-21/h10-11,14,17H,4-9,12-13,15H2,1-3H3,(H,24,26). The minimum absolute atomic E-state index is 0.0602. The lowest BCUT2D eigenvalue weighted by Crippen LogP contribution is -2.45. The summed E-state index contributed by atoms with van der Waals surface area (Å²) in [4.78, 5) is 27.4. The first kappa shape index (κ1) is 21.2. The molecule has 0 bridgehead atoms. The molecule has 2 heterocycles. The van der Waals surface area contributed by atoms with Gasteiger partial charge in [-0.2, -0.15) is 0 Å². The summed E-state index contributed by atoms with van der Waals surface area (Å²) in [5.41, 5.74) is 1.48. The van der Waals surface area contributed by atoms with E-state index in [2.05, 4.69) is 12.2 Å². The molecule has 29 heavy (non-hydrogen) atoms. The summed E-state index contributed by atoms with van der Waals surface area (Å²) >= 11 is 0. The predicted octanol–water partition coefficient (Wildman–Crippen LogP) is 4.30. The minimum Gasteiger partial charge on any atom is -0.497 e. The molecule has 6 nitrogen and oxygen atoms in total. The molecule has 3 rings (SSSR count). The zero-order valence-electron chi connectivity index (χ0n) is 17.8. The van der Waals surface area contributed by atoms with Gasteiger partial charge in [-0.05, 0) is 44.4 Å². The fourth-order valence-corrected chi connectivity index (χ4v) is 3.96. The van der Waals surface area contributed by atoms with Crippen molar-refractivity contribution in [1.29, 1.82) is 0 Å². The predicted molar refractivity (Wildman–Crippen MR) is 113 cm³/mol. The quantitative estimate of drug-likeness (QED) is 0.671. The molecule has 1 aromatic carbocycles. The van der Waals surface area contributed by atoms with Crippen LogP contribution in [0.1, 0.15) is 61.6 Å². The highest BCUT2D eigenvalue weighted by atomic mass is 16.5. The average Bonchev–Trinajstić information content (AvgIpc) is 3.08. The Balaban J connectivity index is 1.64. The van der Waals surface area contributed by atoms with Crippen LogP contribution in [0.3, 0.4) is 0 Å². The van der Waals surface area contributed by atoms with E-state index in [0.29, 0.717) is 31.0 Å². The van der Waals surface area contributed by atoms with E-state index in [1.807, 2.05) is 25.1 Å². The van der Waals surface area contributed by atoms with Crippen molar-refractivity contribution in [3.63, 3.8) is 0 Å². The SMILES string of the molecule is CCCCCCNC(=O)C1CCCN(C(=O)c2oc3ccc(OC)cc3c2C)C1. The molecule has 1 saturated heterocycles. The van der Waals surface area contributed by atoms with E-state index in [-0.39, 0.29) is 17.7 Å². The number of furan rings is 1. The maximum Gasteiger partial charge on any atom is 0.289 e. The van der Waals surface area contributed by atoms with Gasteiger partial charge in [0, 0.05) is 30.6 Å². The number of ether oxygens (including phenoxy) is 1. The highest BCUT2D eigenvalue weighted by molar-refractivity contribution is 5.99. The molecule has 1 fully saturated rings. The van der Waals surface area contributed by atoms with Crippen LogP contribution < -0.4 is 10.1 Å². The first-order chi connectivity index (χ1) is 14.0. The van der Waals surface area contributed by atoms with Gasteiger partial charge in [-0.1, -0.05) is 26.2 Å². The molecule has 6 heteroatoms. The third-order valence-electron chi connectivity index (χ3n) is 5.75. The van der Waals surface area contributed by atoms with Gasteiger partial charge in [0.25, 0.3) is 5.91 Å². The fraction of sp³-hybridized carbons (Fsp3) is 0.565. The summed E-state index contributed by atoms with van der Waals surface area (Å²) in [7, 11) is 1.62. The van der Waals surface area contributed by atoms with Crippen LogP contribution in [0.2, 0.25) is 0 Å². The molecule has 1 atom stereocenters. The van der Waals surface area contributed by atoms with Gasteiger partial charge in [0.15, 0.2) is 5.76 Å². The van der Waals surface area contributed by atoms with Crippen LogP contribution in [0, 0.1) is 12.8 Å². The maximum atomic E-state index is 13.1. The van der Waals surface area contributed by atoms with Crippen molar-refractivity contribution in [1.82, 2.24) is 10.2 Å². The van der Waals surface area contributed by atoms with Crippen molar-refractivity contribution in [3.8, 4) is 5.75 Å². The zero-order valence-corrected chi connectivity index (χ0v) is 17.8. The molecule has 2 aromatic rings. The first-order valence-electron chi connectivity index (χ1n) is 10.7. The van der Waals surface area contributed by atoms with Crippen LogP contribution in [0.15, 0.2) is 22.6 Å². The number of benzene rings is 1. The summed E-state index contributed by atoms with van der Waals surface area (Å²) in [5.74, 6) is 0.856. The van der Waals surface area contributed by atoms with Crippen molar-refractivity contribution in [2.75, 3.05) is 26.7 Å². The van der Waals surface area contributed by atoms with E-state index in [0.717, 1.165) is 42.4 Å². The Morgan fingerprint density at radius 2 is 2.10 bits per heavy atom. The Labute approximate surface area is 172 Å². The largest absolute Gasteiger partial charge is 0.497 e. The van der Waals surface area contributed by atoms with Gasteiger partial charge in [-0.15, -0.1) is 0 Å². The summed E-state index contributed by atoms with van der Waals surface area (Å²) in [6.45, 7) is 5.88. The van der Waals surface area contributed by atoms with Crippen LogP contribution in [0.25, 0.3) is 11.0 Å². The summed E-state index contributed by atoms with van der Waals surface area (Å²) in [5, 5.41) is 3.92. The smallest absolute Gasteiger partial charge is 0.289 e. The first-order valence-corrected chi connectivity index (χ1v) is 10.7. The lowest BCUT2D eigenvalue weighted by Gasteiger charge is -2.31. The van der Waals surface area contributed by atoms with E-state index in [1.165, 1.54) is 12.8 Å². The van der Waals surface area contributed by atoms with Crippen molar-refractivity contribution >= 4 is 22.8 Å². The van der Waals surface area contributed by atoms with Crippen LogP contribution in [0.4, 0.5) is 0 Å².